The number of sulfonamides is 1. The summed E-state index contributed by atoms with van der Waals surface area (Å²) in [6.07, 6.45) is 0.381. The number of hydrogen-bond donors (Lipinski definition) is 0. The lowest BCUT2D eigenvalue weighted by Crippen LogP contribution is -2.24. The van der Waals surface area contributed by atoms with E-state index in [9.17, 15) is 22.1 Å². The highest BCUT2D eigenvalue weighted by molar-refractivity contribution is 7.92. The van der Waals surface area contributed by atoms with Crippen molar-refractivity contribution in [3.8, 4) is 0 Å². The van der Waals surface area contributed by atoms with E-state index in [0.717, 1.165) is 5.56 Å². The van der Waals surface area contributed by atoms with E-state index in [2.05, 4.69) is 5.10 Å². The van der Waals surface area contributed by atoms with Gasteiger partial charge < -0.3 is 0 Å². The number of hydrogen-bond acceptors (Lipinski definition) is 4. The largest absolute Gasteiger partial charge is 0.290 e. The molecule has 0 fully saturated rings. The zero-order chi connectivity index (χ0) is 22.9. The molecule has 4 rings (SSSR count). The number of amides is 1. The lowest BCUT2D eigenvalue weighted by Gasteiger charge is -2.20. The quantitative estimate of drug-likeness (QED) is 0.528. The van der Waals surface area contributed by atoms with Gasteiger partial charge in [-0.2, -0.15) is 13.5 Å². The van der Waals surface area contributed by atoms with Crippen molar-refractivity contribution in [2.45, 2.75) is 24.3 Å². The Kier molecular flexibility index (Phi) is 5.75. The van der Waals surface area contributed by atoms with Crippen molar-refractivity contribution in [3.63, 3.8) is 0 Å². The molecule has 1 aliphatic rings. The van der Waals surface area contributed by atoms with Crippen molar-refractivity contribution >= 4 is 27.3 Å². The van der Waals surface area contributed by atoms with Crippen molar-refractivity contribution in [2.75, 3.05) is 4.53 Å². The SMILES string of the molecule is CC(=O)N1N=C(c2ccc(N(F)S(=O)(=O)c3ccccc3)cc2)CC1c1ccc(F)cc1. The number of halogens is 2. The highest BCUT2D eigenvalue weighted by Gasteiger charge is 2.32. The molecule has 0 aromatic heterocycles. The summed E-state index contributed by atoms with van der Waals surface area (Å²) in [6, 6.07) is 18.5. The molecule has 0 aliphatic carbocycles. The topological polar surface area (TPSA) is 70.1 Å². The minimum absolute atomic E-state index is 0.158. The van der Waals surface area contributed by atoms with Crippen LogP contribution >= 0.6 is 0 Å². The molecular formula is C23H19F2N3O3S. The fourth-order valence-corrected chi connectivity index (χ4v) is 4.60. The van der Waals surface area contributed by atoms with Crippen LogP contribution in [0.3, 0.4) is 0 Å². The van der Waals surface area contributed by atoms with Gasteiger partial charge in [-0.05, 0) is 47.5 Å². The van der Waals surface area contributed by atoms with E-state index in [4.69, 9.17) is 0 Å². The van der Waals surface area contributed by atoms with Crippen LogP contribution in [0.25, 0.3) is 0 Å². The summed E-state index contributed by atoms with van der Waals surface area (Å²) < 4.78 is 52.7. The highest BCUT2D eigenvalue weighted by atomic mass is 32.2. The minimum Gasteiger partial charge on any atom is -0.273 e. The molecule has 32 heavy (non-hydrogen) atoms. The van der Waals surface area contributed by atoms with Gasteiger partial charge in [0.05, 0.1) is 22.3 Å². The Morgan fingerprint density at radius 3 is 2.22 bits per heavy atom. The second-order valence-corrected chi connectivity index (χ2v) is 9.00. The molecule has 0 saturated heterocycles. The van der Waals surface area contributed by atoms with Gasteiger partial charge >= 0.3 is 0 Å². The molecular weight excluding hydrogens is 436 g/mol. The summed E-state index contributed by atoms with van der Waals surface area (Å²) in [5, 5.41) is 5.72. The third-order valence-corrected chi connectivity index (χ3v) is 6.64. The molecule has 164 valence electrons. The summed E-state index contributed by atoms with van der Waals surface area (Å²) in [4.78, 5) is 11.9. The van der Waals surface area contributed by atoms with Gasteiger partial charge in [0.1, 0.15) is 5.82 Å². The Balaban J connectivity index is 1.58. The first kappa shape index (κ1) is 21.6. The second-order valence-electron chi connectivity index (χ2n) is 7.26. The van der Waals surface area contributed by atoms with Crippen LogP contribution in [0.2, 0.25) is 0 Å². The molecule has 0 bridgehead atoms. The molecule has 6 nitrogen and oxygen atoms in total. The van der Waals surface area contributed by atoms with Crippen LogP contribution in [0.1, 0.15) is 30.5 Å². The predicted molar refractivity (Wildman–Crippen MR) is 116 cm³/mol. The molecule has 1 heterocycles. The maximum Gasteiger partial charge on any atom is 0.290 e. The number of carbonyl (C=O) groups excluding carboxylic acids is 1. The summed E-state index contributed by atoms with van der Waals surface area (Å²) in [7, 11) is -4.34. The molecule has 1 atom stereocenters. The third kappa shape index (κ3) is 4.11. The Hall–Kier alpha value is -3.59. The number of nitrogens with zero attached hydrogens (tertiary/aromatic N) is 3. The smallest absolute Gasteiger partial charge is 0.273 e. The Morgan fingerprint density at radius 1 is 1.00 bits per heavy atom. The van der Waals surface area contributed by atoms with Crippen LogP contribution in [0.4, 0.5) is 14.6 Å². The minimum atomic E-state index is -4.34. The first-order chi connectivity index (χ1) is 15.3. The summed E-state index contributed by atoms with van der Waals surface area (Å²) in [6.45, 7) is 1.39. The first-order valence-electron chi connectivity index (χ1n) is 9.77. The molecule has 0 N–H and O–H groups in total. The maximum absolute atomic E-state index is 14.7. The van der Waals surface area contributed by atoms with E-state index < -0.39 is 10.0 Å². The van der Waals surface area contributed by atoms with E-state index in [0.29, 0.717) is 17.7 Å². The zero-order valence-electron chi connectivity index (χ0n) is 17.0. The van der Waals surface area contributed by atoms with Gasteiger partial charge in [0.25, 0.3) is 10.0 Å². The first-order valence-corrected chi connectivity index (χ1v) is 11.2. The lowest BCUT2D eigenvalue weighted by molar-refractivity contribution is -0.130. The summed E-state index contributed by atoms with van der Waals surface area (Å²) in [5.74, 6) is -0.645. The fourth-order valence-electron chi connectivity index (χ4n) is 3.51. The van der Waals surface area contributed by atoms with Crippen molar-refractivity contribution < 1.29 is 22.1 Å². The Bertz CT molecular complexity index is 1260. The van der Waals surface area contributed by atoms with Gasteiger partial charge in [0.15, 0.2) is 0 Å². The van der Waals surface area contributed by atoms with E-state index in [1.807, 2.05) is 0 Å². The van der Waals surface area contributed by atoms with E-state index in [1.165, 1.54) is 60.5 Å². The van der Waals surface area contributed by atoms with Crippen LogP contribution in [-0.4, -0.2) is 25.0 Å². The van der Waals surface area contributed by atoms with E-state index in [-0.39, 0.29) is 32.9 Å². The molecule has 9 heteroatoms. The Morgan fingerprint density at radius 2 is 1.62 bits per heavy atom. The van der Waals surface area contributed by atoms with E-state index in [1.54, 1.807) is 30.3 Å². The maximum atomic E-state index is 14.7. The number of carbonyl (C=O) groups is 1. The lowest BCUT2D eigenvalue weighted by atomic mass is 9.98. The van der Waals surface area contributed by atoms with Crippen LogP contribution in [0.15, 0.2) is 88.9 Å². The monoisotopic (exact) mass is 455 g/mol. The molecule has 1 amide bonds. The molecule has 0 spiro atoms. The van der Waals surface area contributed by atoms with E-state index >= 15 is 0 Å². The molecule has 1 aliphatic heterocycles. The highest BCUT2D eigenvalue weighted by Crippen LogP contribution is 2.33. The molecule has 0 radical (unpaired) electrons. The molecule has 3 aromatic carbocycles. The van der Waals surface area contributed by atoms with Crippen molar-refractivity contribution in [1.82, 2.24) is 5.01 Å². The van der Waals surface area contributed by atoms with Crippen molar-refractivity contribution in [1.29, 1.82) is 0 Å². The third-order valence-electron chi connectivity index (χ3n) is 5.14. The van der Waals surface area contributed by atoms with Crippen LogP contribution in [0, 0.1) is 5.82 Å². The second kappa shape index (κ2) is 8.51. The van der Waals surface area contributed by atoms with Crippen molar-refractivity contribution in [2.24, 2.45) is 5.10 Å². The normalized spacial score (nSPS) is 16.0. The van der Waals surface area contributed by atoms with Crippen LogP contribution in [-0.2, 0) is 14.8 Å². The van der Waals surface area contributed by atoms with Gasteiger partial charge in [0.2, 0.25) is 5.91 Å². The van der Waals surface area contributed by atoms with Gasteiger partial charge in [-0.1, -0.05) is 51.5 Å². The fraction of sp³-hybridized carbons (Fsp3) is 0.130. The predicted octanol–water partition coefficient (Wildman–Crippen LogP) is 4.60. The number of rotatable bonds is 5. The van der Waals surface area contributed by atoms with Gasteiger partial charge in [-0.15, -0.1) is 0 Å². The number of anilines is 1. The molecule has 3 aromatic rings. The van der Waals surface area contributed by atoms with Crippen LogP contribution in [0.5, 0.6) is 0 Å². The summed E-state index contributed by atoms with van der Waals surface area (Å²) >= 11 is 0. The van der Waals surface area contributed by atoms with Gasteiger partial charge in [0, 0.05) is 13.3 Å². The average molecular weight is 455 g/mol. The number of benzene rings is 3. The van der Waals surface area contributed by atoms with Crippen LogP contribution < -0.4 is 4.53 Å². The van der Waals surface area contributed by atoms with Crippen molar-refractivity contribution in [3.05, 3.63) is 95.8 Å². The zero-order valence-corrected chi connectivity index (χ0v) is 17.8. The summed E-state index contributed by atoms with van der Waals surface area (Å²) in [5.41, 5.74) is 1.78. The number of hydrazone groups is 1. The standard InChI is InChI=1S/C23H19F2N3O3S/c1-16(29)27-23(18-7-11-19(24)12-8-18)15-22(26-27)17-9-13-20(14-10-17)28(25)32(30,31)21-5-3-2-4-6-21/h2-14,23H,15H2,1H3. The Labute approximate surface area is 184 Å². The average Bonchev–Trinajstić information content (AvgIpc) is 3.26. The van der Waals surface area contributed by atoms with Gasteiger partial charge in [-0.25, -0.2) is 9.40 Å². The molecule has 0 saturated carbocycles. The van der Waals surface area contributed by atoms with Gasteiger partial charge in [-0.3, -0.25) is 4.79 Å². The molecule has 1 unspecified atom stereocenters.